The van der Waals surface area contributed by atoms with Crippen molar-refractivity contribution in [1.29, 1.82) is 0 Å². The normalized spacial score (nSPS) is 17.9. The number of hydrogen-bond acceptors (Lipinski definition) is 4. The number of fused-ring (bicyclic) bond motifs is 2. The summed E-state index contributed by atoms with van der Waals surface area (Å²) >= 11 is 0. The Bertz CT molecular complexity index is 1300. The molecule has 1 heterocycles. The third-order valence-corrected chi connectivity index (χ3v) is 6.62. The molecule has 2 amide bonds. The minimum atomic E-state index is -4.95. The van der Waals surface area contributed by atoms with E-state index in [0.717, 1.165) is 16.4 Å². The summed E-state index contributed by atoms with van der Waals surface area (Å²) in [6.45, 7) is 5.62. The summed E-state index contributed by atoms with van der Waals surface area (Å²) in [5.74, 6) is -1.96. The summed E-state index contributed by atoms with van der Waals surface area (Å²) in [4.78, 5) is 28.8. The first-order valence-electron chi connectivity index (χ1n) is 11.3. The Labute approximate surface area is 200 Å². The van der Waals surface area contributed by atoms with Crippen molar-refractivity contribution in [3.05, 3.63) is 76.9 Å². The van der Waals surface area contributed by atoms with Crippen molar-refractivity contribution in [3.63, 3.8) is 0 Å². The predicted molar refractivity (Wildman–Crippen MR) is 127 cm³/mol. The number of likely N-dealkylation sites (N-methyl/N-ethyl adjacent to an activating group) is 1. The van der Waals surface area contributed by atoms with Crippen LogP contribution in [0.3, 0.4) is 0 Å². The molecule has 0 aromatic heterocycles. The second-order valence-electron chi connectivity index (χ2n) is 8.54. The van der Waals surface area contributed by atoms with Gasteiger partial charge in [-0.1, -0.05) is 50.2 Å². The zero-order chi connectivity index (χ0) is 25.5. The highest BCUT2D eigenvalue weighted by Gasteiger charge is 2.56. The van der Waals surface area contributed by atoms with Crippen molar-refractivity contribution in [3.8, 4) is 0 Å². The number of nitrogens with zero attached hydrogens (tertiary/aromatic N) is 2. The highest BCUT2D eigenvalue weighted by atomic mass is 19.4. The molecule has 0 spiro atoms. The molecule has 0 saturated carbocycles. The monoisotopic (exact) mass is 485 g/mol. The molecule has 3 aromatic rings. The van der Waals surface area contributed by atoms with E-state index in [0.29, 0.717) is 31.1 Å². The molecule has 1 aliphatic rings. The SMILES string of the molecule is CCN(CC)CCN1C(=O)[C@@](O)(c2ccc3ccccc3c2)c2c1cc(C(N)=O)cc2C(F)(F)F. The van der Waals surface area contributed by atoms with Crippen LogP contribution in [0.5, 0.6) is 0 Å². The molecule has 184 valence electrons. The molecular weight excluding hydrogens is 459 g/mol. The van der Waals surface area contributed by atoms with Crippen LogP contribution in [-0.4, -0.2) is 48.0 Å². The maximum absolute atomic E-state index is 14.3. The van der Waals surface area contributed by atoms with E-state index >= 15 is 0 Å². The largest absolute Gasteiger partial charge is 0.416 e. The Morgan fingerprint density at radius 1 is 1.06 bits per heavy atom. The summed E-state index contributed by atoms with van der Waals surface area (Å²) in [7, 11) is 0. The number of nitrogens with two attached hydrogens (primary N) is 1. The van der Waals surface area contributed by atoms with Crippen molar-refractivity contribution in [2.24, 2.45) is 5.73 Å². The van der Waals surface area contributed by atoms with Crippen molar-refractivity contribution in [2.45, 2.75) is 25.6 Å². The lowest BCUT2D eigenvalue weighted by atomic mass is 9.83. The van der Waals surface area contributed by atoms with Crippen LogP contribution in [0.4, 0.5) is 18.9 Å². The lowest BCUT2D eigenvalue weighted by Crippen LogP contribution is -2.44. The lowest BCUT2D eigenvalue weighted by molar-refractivity contribution is -0.142. The lowest BCUT2D eigenvalue weighted by Gasteiger charge is -2.26. The Morgan fingerprint density at radius 2 is 1.71 bits per heavy atom. The molecule has 35 heavy (non-hydrogen) atoms. The van der Waals surface area contributed by atoms with Crippen LogP contribution >= 0.6 is 0 Å². The summed E-state index contributed by atoms with van der Waals surface area (Å²) in [5.41, 5.74) is 0.342. The van der Waals surface area contributed by atoms with Gasteiger partial charge in [-0.25, -0.2) is 0 Å². The number of alkyl halides is 3. The van der Waals surface area contributed by atoms with Crippen molar-refractivity contribution in [1.82, 2.24) is 4.90 Å². The van der Waals surface area contributed by atoms with Gasteiger partial charge in [0.1, 0.15) is 0 Å². The van der Waals surface area contributed by atoms with Crippen LogP contribution < -0.4 is 10.6 Å². The number of carbonyl (C=O) groups is 2. The fourth-order valence-corrected chi connectivity index (χ4v) is 4.68. The first kappa shape index (κ1) is 24.7. The third-order valence-electron chi connectivity index (χ3n) is 6.62. The van der Waals surface area contributed by atoms with Crippen molar-refractivity contribution in [2.75, 3.05) is 31.1 Å². The average Bonchev–Trinajstić information content (AvgIpc) is 3.05. The van der Waals surface area contributed by atoms with Gasteiger partial charge in [-0.3, -0.25) is 9.59 Å². The average molecular weight is 486 g/mol. The topological polar surface area (TPSA) is 86.9 Å². The van der Waals surface area contributed by atoms with Crippen molar-refractivity contribution < 1.29 is 27.9 Å². The van der Waals surface area contributed by atoms with Crippen LogP contribution in [0, 0.1) is 0 Å². The van der Waals surface area contributed by atoms with E-state index in [1.807, 2.05) is 30.9 Å². The number of carbonyl (C=O) groups excluding carboxylic acids is 2. The van der Waals surface area contributed by atoms with E-state index < -0.39 is 34.7 Å². The fourth-order valence-electron chi connectivity index (χ4n) is 4.68. The highest BCUT2D eigenvalue weighted by molar-refractivity contribution is 6.11. The van der Waals surface area contributed by atoms with Crippen molar-refractivity contribution >= 4 is 28.3 Å². The van der Waals surface area contributed by atoms with Gasteiger partial charge in [-0.15, -0.1) is 0 Å². The number of primary amides is 1. The molecule has 3 aromatic carbocycles. The van der Waals surface area contributed by atoms with E-state index in [9.17, 15) is 27.9 Å². The zero-order valence-electron chi connectivity index (χ0n) is 19.4. The molecule has 1 atom stereocenters. The Balaban J connectivity index is 1.98. The van der Waals surface area contributed by atoms with Gasteiger partial charge in [-0.05, 0) is 47.6 Å². The molecule has 4 rings (SSSR count). The second-order valence-corrected chi connectivity index (χ2v) is 8.54. The quantitative estimate of drug-likeness (QED) is 0.532. The maximum Gasteiger partial charge on any atom is 0.416 e. The number of rotatable bonds is 7. The van der Waals surface area contributed by atoms with E-state index in [-0.39, 0.29) is 23.4 Å². The molecule has 9 heteroatoms. The summed E-state index contributed by atoms with van der Waals surface area (Å²) in [6, 6.07) is 13.5. The molecule has 0 unspecified atom stereocenters. The third kappa shape index (κ3) is 4.15. The minimum absolute atomic E-state index is 0.0186. The number of amides is 2. The van der Waals surface area contributed by atoms with E-state index in [1.165, 1.54) is 12.1 Å². The molecular formula is C26H26F3N3O3. The first-order chi connectivity index (χ1) is 16.5. The predicted octanol–water partition coefficient (Wildman–Crippen LogP) is 3.88. The van der Waals surface area contributed by atoms with E-state index in [4.69, 9.17) is 5.73 Å². The number of anilines is 1. The molecule has 6 nitrogen and oxygen atoms in total. The number of benzene rings is 3. The Kier molecular flexibility index (Phi) is 6.33. The van der Waals surface area contributed by atoms with Gasteiger partial charge < -0.3 is 20.6 Å². The maximum atomic E-state index is 14.3. The van der Waals surface area contributed by atoms with Crippen LogP contribution in [0.2, 0.25) is 0 Å². The molecule has 0 saturated heterocycles. The number of aliphatic hydroxyl groups is 1. The van der Waals surface area contributed by atoms with Crippen LogP contribution in [0.25, 0.3) is 10.8 Å². The Morgan fingerprint density at radius 3 is 2.31 bits per heavy atom. The molecule has 3 N–H and O–H groups in total. The zero-order valence-corrected chi connectivity index (χ0v) is 19.4. The molecule has 0 fully saturated rings. The smallest absolute Gasteiger partial charge is 0.372 e. The highest BCUT2D eigenvalue weighted by Crippen LogP contribution is 2.50. The molecule has 1 aliphatic heterocycles. The summed E-state index contributed by atoms with van der Waals surface area (Å²) in [6.07, 6.45) is -4.95. The van der Waals surface area contributed by atoms with Gasteiger partial charge in [0, 0.05) is 24.2 Å². The first-order valence-corrected chi connectivity index (χ1v) is 11.3. The Hall–Kier alpha value is -3.43. The molecule has 0 radical (unpaired) electrons. The fraction of sp³-hybridized carbons (Fsp3) is 0.308. The number of hydrogen-bond donors (Lipinski definition) is 2. The minimum Gasteiger partial charge on any atom is -0.372 e. The molecule has 0 bridgehead atoms. The van der Waals surface area contributed by atoms with Gasteiger partial charge in [0.2, 0.25) is 5.91 Å². The van der Waals surface area contributed by atoms with Gasteiger partial charge in [0.15, 0.2) is 5.60 Å². The summed E-state index contributed by atoms with van der Waals surface area (Å²) < 4.78 is 42.8. The van der Waals surface area contributed by atoms with Gasteiger partial charge >= 0.3 is 6.18 Å². The summed E-state index contributed by atoms with van der Waals surface area (Å²) in [5, 5.41) is 13.3. The van der Waals surface area contributed by atoms with Gasteiger partial charge in [-0.2, -0.15) is 13.2 Å². The second kappa shape index (κ2) is 8.98. The van der Waals surface area contributed by atoms with Crippen LogP contribution in [-0.2, 0) is 16.6 Å². The van der Waals surface area contributed by atoms with Gasteiger partial charge in [0.05, 0.1) is 11.3 Å². The van der Waals surface area contributed by atoms with E-state index in [1.54, 1.807) is 18.2 Å². The van der Waals surface area contributed by atoms with Crippen LogP contribution in [0.1, 0.15) is 40.9 Å². The van der Waals surface area contributed by atoms with E-state index in [2.05, 4.69) is 0 Å². The van der Waals surface area contributed by atoms with Crippen LogP contribution in [0.15, 0.2) is 54.6 Å². The number of halogens is 3. The van der Waals surface area contributed by atoms with Gasteiger partial charge in [0.25, 0.3) is 5.91 Å². The standard InChI is InChI=1S/C26H26F3N3O3/c1-3-31(4-2)11-12-32-21-15-18(23(30)33)14-20(26(27,28)29)22(21)25(35,24(32)34)19-10-9-16-7-5-6-8-17(16)13-19/h5-10,13-15,35H,3-4,11-12H2,1-2H3,(H2,30,33)/t25-/m1/s1. The molecule has 0 aliphatic carbocycles.